The second-order valence-corrected chi connectivity index (χ2v) is 11.3. The SMILES string of the molecule is CC(=O)NC1(c2ccccc2F)CCN(Cc2cn(C(C)C)c3cc(F)ccc23)CC1.O=C(O)CC(O)(CC(=O)O)C(=O)O. The number of hydrogen-bond donors (Lipinski definition) is 5. The van der Waals surface area contributed by atoms with Crippen LogP contribution in [0.25, 0.3) is 10.9 Å². The van der Waals surface area contributed by atoms with E-state index < -0.39 is 41.9 Å². The van der Waals surface area contributed by atoms with E-state index in [-0.39, 0.29) is 23.6 Å². The number of carboxylic acid groups (broad SMARTS) is 3. The van der Waals surface area contributed by atoms with Crippen LogP contribution in [0.4, 0.5) is 8.78 Å². The predicted octanol–water partition coefficient (Wildman–Crippen LogP) is 3.88. The molecule has 0 bridgehead atoms. The summed E-state index contributed by atoms with van der Waals surface area (Å²) in [7, 11) is 0. The number of fused-ring (bicyclic) bond motifs is 1. The van der Waals surface area contributed by atoms with Gasteiger partial charge in [-0.25, -0.2) is 13.6 Å². The summed E-state index contributed by atoms with van der Waals surface area (Å²) >= 11 is 0. The van der Waals surface area contributed by atoms with Crippen LogP contribution in [0.15, 0.2) is 48.7 Å². The van der Waals surface area contributed by atoms with Gasteiger partial charge >= 0.3 is 17.9 Å². The lowest BCUT2D eigenvalue weighted by molar-refractivity contribution is -0.170. The number of nitrogens with zero attached hydrogens (tertiary/aromatic N) is 2. The third-order valence-corrected chi connectivity index (χ3v) is 7.63. The Labute approximate surface area is 252 Å². The molecule has 3 aromatic rings. The van der Waals surface area contributed by atoms with Crippen LogP contribution >= 0.6 is 0 Å². The molecule has 0 unspecified atom stereocenters. The Balaban J connectivity index is 0.000000345. The van der Waals surface area contributed by atoms with Gasteiger partial charge in [-0.3, -0.25) is 19.3 Å². The number of piperidine rings is 1. The van der Waals surface area contributed by atoms with Gasteiger partial charge < -0.3 is 30.3 Å². The molecule has 5 N–H and O–H groups in total. The maximum atomic E-state index is 14.6. The summed E-state index contributed by atoms with van der Waals surface area (Å²) < 4.78 is 30.6. The molecule has 4 rings (SSSR count). The van der Waals surface area contributed by atoms with E-state index in [4.69, 9.17) is 20.4 Å². The molecular formula is C31H37F2N3O8. The second kappa shape index (κ2) is 14.0. The van der Waals surface area contributed by atoms with Gasteiger partial charge in [-0.2, -0.15) is 0 Å². The topological polar surface area (TPSA) is 169 Å². The van der Waals surface area contributed by atoms with Gasteiger partial charge in [0, 0.05) is 49.7 Å². The largest absolute Gasteiger partial charge is 0.481 e. The van der Waals surface area contributed by atoms with Crippen LogP contribution < -0.4 is 5.32 Å². The minimum Gasteiger partial charge on any atom is -0.481 e. The smallest absolute Gasteiger partial charge is 0.336 e. The summed E-state index contributed by atoms with van der Waals surface area (Å²) in [6.45, 7) is 7.84. The number of amides is 1. The standard InChI is InChI=1S/C25H29F2N3O.C6H8O7/c1-17(2)30-16-19(21-9-8-20(26)14-24(21)30)15-29-12-10-25(11-13-29,28-18(3)31)22-6-4-5-7-23(22)27;7-3(8)1-6(13,5(11)12)2-4(9)10/h4-9,14,16-17H,10-13,15H2,1-3H3,(H,28,31);13H,1-2H2,(H,7,8)(H,9,10)(H,11,12). The first-order valence-corrected chi connectivity index (χ1v) is 14.0. The summed E-state index contributed by atoms with van der Waals surface area (Å²) in [4.78, 5) is 44.7. The van der Waals surface area contributed by atoms with Crippen molar-refractivity contribution < 1.29 is 48.4 Å². The summed E-state index contributed by atoms with van der Waals surface area (Å²) in [5.74, 6) is -5.69. The van der Waals surface area contributed by atoms with Gasteiger partial charge in [-0.05, 0) is 56.5 Å². The average molecular weight is 618 g/mol. The molecule has 0 aliphatic carbocycles. The van der Waals surface area contributed by atoms with Gasteiger partial charge in [0.05, 0.1) is 23.9 Å². The van der Waals surface area contributed by atoms with E-state index in [1.165, 1.54) is 19.1 Å². The van der Waals surface area contributed by atoms with E-state index in [0.717, 1.165) is 36.1 Å². The molecule has 11 nitrogen and oxygen atoms in total. The highest BCUT2D eigenvalue weighted by Gasteiger charge is 2.41. The minimum absolute atomic E-state index is 0.154. The Hall–Kier alpha value is -4.36. The Morgan fingerprint density at radius 1 is 0.977 bits per heavy atom. The monoisotopic (exact) mass is 617 g/mol. The van der Waals surface area contributed by atoms with Crippen LogP contribution in [0.1, 0.15) is 63.6 Å². The fraction of sp³-hybridized carbons (Fsp3) is 0.419. The zero-order valence-electron chi connectivity index (χ0n) is 24.7. The Morgan fingerprint density at radius 3 is 2.07 bits per heavy atom. The molecule has 1 saturated heterocycles. The van der Waals surface area contributed by atoms with Crippen molar-refractivity contribution >= 4 is 34.7 Å². The molecular weight excluding hydrogens is 580 g/mol. The number of rotatable bonds is 10. The molecule has 1 aliphatic heterocycles. The van der Waals surface area contributed by atoms with Crippen molar-refractivity contribution in [2.24, 2.45) is 0 Å². The fourth-order valence-electron chi connectivity index (χ4n) is 5.55. The quantitative estimate of drug-likeness (QED) is 0.227. The average Bonchev–Trinajstić information content (AvgIpc) is 3.26. The van der Waals surface area contributed by atoms with Gasteiger partial charge in [-0.1, -0.05) is 18.2 Å². The highest BCUT2D eigenvalue weighted by molar-refractivity contribution is 5.88. The molecule has 1 amide bonds. The summed E-state index contributed by atoms with van der Waals surface area (Å²) in [5.41, 5.74) is -0.820. The van der Waals surface area contributed by atoms with Crippen molar-refractivity contribution in [1.82, 2.24) is 14.8 Å². The van der Waals surface area contributed by atoms with Crippen molar-refractivity contribution in [2.45, 2.75) is 70.2 Å². The summed E-state index contributed by atoms with van der Waals surface area (Å²) in [6.07, 6.45) is 1.08. The predicted molar refractivity (Wildman–Crippen MR) is 156 cm³/mol. The first kappa shape index (κ1) is 34.1. The van der Waals surface area contributed by atoms with Crippen LogP contribution in [0, 0.1) is 11.6 Å². The minimum atomic E-state index is -2.74. The molecule has 1 fully saturated rings. The van der Waals surface area contributed by atoms with Gasteiger partial charge in [0.15, 0.2) is 5.60 Å². The second-order valence-electron chi connectivity index (χ2n) is 11.3. The number of aliphatic hydroxyl groups is 1. The molecule has 44 heavy (non-hydrogen) atoms. The molecule has 238 valence electrons. The third-order valence-electron chi connectivity index (χ3n) is 7.63. The number of carboxylic acids is 3. The van der Waals surface area contributed by atoms with E-state index in [2.05, 4.69) is 34.8 Å². The Kier molecular flexibility index (Phi) is 10.8. The van der Waals surface area contributed by atoms with Crippen molar-refractivity contribution in [3.05, 3.63) is 71.4 Å². The molecule has 0 spiro atoms. The normalized spacial score (nSPS) is 15.0. The van der Waals surface area contributed by atoms with E-state index in [9.17, 15) is 28.0 Å². The number of aromatic nitrogens is 1. The third kappa shape index (κ3) is 8.17. The Morgan fingerprint density at radius 2 is 1.57 bits per heavy atom. The highest BCUT2D eigenvalue weighted by atomic mass is 19.1. The van der Waals surface area contributed by atoms with Gasteiger partial charge in [0.2, 0.25) is 5.91 Å². The maximum absolute atomic E-state index is 14.6. The lowest BCUT2D eigenvalue weighted by Crippen LogP contribution is -2.52. The zero-order valence-corrected chi connectivity index (χ0v) is 24.7. The van der Waals surface area contributed by atoms with Crippen LogP contribution in [-0.2, 0) is 31.3 Å². The molecule has 0 radical (unpaired) electrons. The van der Waals surface area contributed by atoms with E-state index in [1.54, 1.807) is 18.2 Å². The van der Waals surface area contributed by atoms with Crippen molar-refractivity contribution in [1.29, 1.82) is 0 Å². The number of halogens is 2. The fourth-order valence-corrected chi connectivity index (χ4v) is 5.55. The maximum Gasteiger partial charge on any atom is 0.336 e. The van der Waals surface area contributed by atoms with Gasteiger partial charge in [0.25, 0.3) is 0 Å². The van der Waals surface area contributed by atoms with Crippen molar-refractivity contribution in [2.75, 3.05) is 13.1 Å². The molecule has 0 saturated carbocycles. The van der Waals surface area contributed by atoms with Crippen molar-refractivity contribution in [3.8, 4) is 0 Å². The van der Waals surface area contributed by atoms with E-state index in [0.29, 0.717) is 18.4 Å². The number of hydrogen-bond acceptors (Lipinski definition) is 6. The van der Waals surface area contributed by atoms with Gasteiger partial charge in [0.1, 0.15) is 11.6 Å². The highest BCUT2D eigenvalue weighted by Crippen LogP contribution is 2.36. The van der Waals surface area contributed by atoms with Crippen LogP contribution in [-0.4, -0.2) is 72.4 Å². The number of benzene rings is 2. The Bertz CT molecular complexity index is 1510. The molecule has 2 aromatic carbocycles. The molecule has 1 aliphatic rings. The molecule has 13 heteroatoms. The lowest BCUT2D eigenvalue weighted by Gasteiger charge is -2.42. The van der Waals surface area contributed by atoms with Crippen LogP contribution in [0.3, 0.4) is 0 Å². The molecule has 1 aromatic heterocycles. The van der Waals surface area contributed by atoms with Gasteiger partial charge in [-0.15, -0.1) is 0 Å². The zero-order chi connectivity index (χ0) is 32.8. The number of aliphatic carboxylic acids is 3. The number of nitrogens with one attached hydrogen (secondary N) is 1. The van der Waals surface area contributed by atoms with E-state index in [1.807, 2.05) is 12.1 Å². The molecule has 0 atom stereocenters. The van der Waals surface area contributed by atoms with E-state index >= 15 is 0 Å². The summed E-state index contributed by atoms with van der Waals surface area (Å²) in [5, 5.41) is 37.9. The summed E-state index contributed by atoms with van der Waals surface area (Å²) in [6, 6.07) is 11.9. The lowest BCUT2D eigenvalue weighted by atomic mass is 9.80. The van der Waals surface area contributed by atoms with Crippen LogP contribution in [0.5, 0.6) is 0 Å². The van der Waals surface area contributed by atoms with Crippen molar-refractivity contribution in [3.63, 3.8) is 0 Å². The first-order valence-electron chi connectivity index (χ1n) is 14.0. The molecule has 2 heterocycles. The number of likely N-dealkylation sites (tertiary alicyclic amines) is 1. The number of carbonyl (C=O) groups is 4. The first-order chi connectivity index (χ1) is 20.6. The number of carbonyl (C=O) groups excluding carboxylic acids is 1. The van der Waals surface area contributed by atoms with Crippen LogP contribution in [0.2, 0.25) is 0 Å².